The Morgan fingerprint density at radius 1 is 0.909 bits per heavy atom. The van der Waals surface area contributed by atoms with Gasteiger partial charge in [-0.25, -0.2) is 4.79 Å². The molecule has 2 aromatic carbocycles. The average Bonchev–Trinajstić information content (AvgIpc) is 3.30. The molecule has 3 amide bonds. The number of hydrogen-bond acceptors (Lipinski definition) is 9. The lowest BCUT2D eigenvalue weighted by Gasteiger charge is -2.26. The van der Waals surface area contributed by atoms with E-state index in [2.05, 4.69) is 15.6 Å². The van der Waals surface area contributed by atoms with Gasteiger partial charge in [0.15, 0.2) is 11.5 Å². The molecule has 3 aromatic rings. The molecule has 0 aliphatic carbocycles. The highest BCUT2D eigenvalue weighted by Crippen LogP contribution is 2.31. The van der Waals surface area contributed by atoms with Crippen LogP contribution in [0.2, 0.25) is 0 Å². The number of rotatable bonds is 10. The van der Waals surface area contributed by atoms with Gasteiger partial charge in [-0.15, -0.1) is 0 Å². The molecule has 0 radical (unpaired) electrons. The summed E-state index contributed by atoms with van der Waals surface area (Å²) >= 11 is 0. The zero-order valence-corrected chi connectivity index (χ0v) is 24.7. The van der Waals surface area contributed by atoms with Crippen LogP contribution in [0.3, 0.4) is 0 Å². The predicted octanol–water partition coefficient (Wildman–Crippen LogP) is 3.58. The van der Waals surface area contributed by atoms with Crippen molar-refractivity contribution < 1.29 is 38.5 Å². The summed E-state index contributed by atoms with van der Waals surface area (Å²) in [6.45, 7) is 1.96. The number of nitrogens with one attached hydrogen (secondary N) is 2. The third-order valence-electron chi connectivity index (χ3n) is 7.19. The van der Waals surface area contributed by atoms with E-state index >= 15 is 0 Å². The molecule has 44 heavy (non-hydrogen) atoms. The summed E-state index contributed by atoms with van der Waals surface area (Å²) in [5.74, 6) is -1.22. The van der Waals surface area contributed by atoms with Gasteiger partial charge < -0.3 is 39.8 Å². The highest BCUT2D eigenvalue weighted by molar-refractivity contribution is 6.07. The van der Waals surface area contributed by atoms with Crippen molar-refractivity contribution in [3.05, 3.63) is 77.6 Å². The fraction of sp³-hybridized carbons (Fsp3) is 0.323. The molecule has 4 rings (SSSR count). The van der Waals surface area contributed by atoms with Gasteiger partial charge in [0, 0.05) is 49.7 Å². The number of aliphatic carboxylic acids is 1. The maximum atomic E-state index is 13.5. The summed E-state index contributed by atoms with van der Waals surface area (Å²) in [6, 6.07) is 12.2. The molecule has 3 N–H and O–H groups in total. The van der Waals surface area contributed by atoms with E-state index in [0.717, 1.165) is 0 Å². The summed E-state index contributed by atoms with van der Waals surface area (Å²) in [5, 5.41) is 15.2. The number of aromatic nitrogens is 1. The normalized spacial score (nSPS) is 13.7. The quantitative estimate of drug-likeness (QED) is 0.312. The summed E-state index contributed by atoms with van der Waals surface area (Å²) in [7, 11) is 4.31. The molecule has 232 valence electrons. The van der Waals surface area contributed by atoms with E-state index < -0.39 is 29.9 Å². The van der Waals surface area contributed by atoms with Crippen molar-refractivity contribution in [3.63, 3.8) is 0 Å². The van der Waals surface area contributed by atoms with Gasteiger partial charge in [-0.3, -0.25) is 19.4 Å². The Morgan fingerprint density at radius 2 is 1.66 bits per heavy atom. The minimum absolute atomic E-state index is 0.210. The Hall–Kier alpha value is -5.33. The molecule has 1 fully saturated rings. The first-order valence-electron chi connectivity index (χ1n) is 13.9. The van der Waals surface area contributed by atoms with Crippen LogP contribution < -0.4 is 25.0 Å². The summed E-state index contributed by atoms with van der Waals surface area (Å²) in [6.07, 6.45) is 2.96. The van der Waals surface area contributed by atoms with Crippen LogP contribution in [0.5, 0.6) is 11.5 Å². The highest BCUT2D eigenvalue weighted by atomic mass is 16.5. The number of benzene rings is 2. The van der Waals surface area contributed by atoms with Gasteiger partial charge in [0.2, 0.25) is 0 Å². The smallest absolute Gasteiger partial charge is 0.409 e. The molecule has 1 aromatic heterocycles. The Labute approximate surface area is 254 Å². The van der Waals surface area contributed by atoms with E-state index in [0.29, 0.717) is 66.6 Å². The second-order valence-electron chi connectivity index (χ2n) is 9.96. The minimum atomic E-state index is -1.08. The molecule has 1 saturated heterocycles. The maximum absolute atomic E-state index is 13.5. The van der Waals surface area contributed by atoms with Crippen molar-refractivity contribution in [2.75, 3.05) is 57.7 Å². The van der Waals surface area contributed by atoms with E-state index in [1.54, 1.807) is 59.6 Å². The SMILES string of the molecule is COC(=O)N1CCCN(c2ccc(C(=O)NC(CC(=O)O)c3cccnc3)cc2NC(=O)c2ccc(OC)c(OC)c2)CC1. The molecule has 0 bridgehead atoms. The van der Waals surface area contributed by atoms with Crippen molar-refractivity contribution in [1.82, 2.24) is 15.2 Å². The molecular formula is C31H35N5O8. The Balaban J connectivity index is 1.66. The molecule has 2 heterocycles. The number of hydrogen-bond donors (Lipinski definition) is 3. The standard InChI is InChI=1S/C31H35N5O8/c1-42-26-10-8-21(17-27(26)43-2)30(40)34-24-16-20(29(39)33-23(18-28(37)38)22-6-4-11-32-19-22)7-9-25(24)35-12-5-13-36(15-14-35)31(41)44-3/h4,6-11,16-17,19,23H,5,12-15,18H2,1-3H3,(H,33,39)(H,34,40)(H,37,38). The summed E-state index contributed by atoms with van der Waals surface area (Å²) in [5.41, 5.74) is 2.06. The minimum Gasteiger partial charge on any atom is -0.493 e. The highest BCUT2D eigenvalue weighted by Gasteiger charge is 2.24. The molecule has 1 aliphatic heterocycles. The second-order valence-corrected chi connectivity index (χ2v) is 9.96. The fourth-order valence-electron chi connectivity index (χ4n) is 4.95. The molecule has 1 unspecified atom stereocenters. The number of ether oxygens (including phenoxy) is 3. The van der Waals surface area contributed by atoms with E-state index in [4.69, 9.17) is 14.2 Å². The molecule has 13 nitrogen and oxygen atoms in total. The van der Waals surface area contributed by atoms with E-state index in [1.165, 1.54) is 27.5 Å². The largest absolute Gasteiger partial charge is 0.493 e. The van der Waals surface area contributed by atoms with Gasteiger partial charge >= 0.3 is 12.1 Å². The molecule has 1 atom stereocenters. The first-order chi connectivity index (χ1) is 21.2. The Kier molecular flexibility index (Phi) is 10.6. The van der Waals surface area contributed by atoms with Crippen LogP contribution in [0.4, 0.5) is 16.2 Å². The third-order valence-corrected chi connectivity index (χ3v) is 7.19. The van der Waals surface area contributed by atoms with Crippen LogP contribution in [0, 0.1) is 0 Å². The fourth-order valence-corrected chi connectivity index (χ4v) is 4.95. The van der Waals surface area contributed by atoms with Crippen LogP contribution in [0.15, 0.2) is 60.9 Å². The van der Waals surface area contributed by atoms with Crippen molar-refractivity contribution in [3.8, 4) is 11.5 Å². The monoisotopic (exact) mass is 605 g/mol. The van der Waals surface area contributed by atoms with Crippen LogP contribution in [-0.2, 0) is 9.53 Å². The summed E-state index contributed by atoms with van der Waals surface area (Å²) < 4.78 is 15.5. The number of carbonyl (C=O) groups excluding carboxylic acids is 3. The number of anilines is 2. The van der Waals surface area contributed by atoms with Crippen LogP contribution in [-0.4, -0.2) is 86.4 Å². The number of nitrogens with zero attached hydrogens (tertiary/aromatic N) is 3. The van der Waals surface area contributed by atoms with Gasteiger partial charge in [0.1, 0.15) is 0 Å². The van der Waals surface area contributed by atoms with E-state index in [1.807, 2.05) is 4.90 Å². The maximum Gasteiger partial charge on any atom is 0.409 e. The lowest BCUT2D eigenvalue weighted by atomic mass is 10.0. The van der Waals surface area contributed by atoms with Gasteiger partial charge in [0.05, 0.1) is 45.2 Å². The first kappa shape index (κ1) is 31.6. The number of methoxy groups -OCH3 is 3. The van der Waals surface area contributed by atoms with Crippen molar-refractivity contribution in [2.24, 2.45) is 0 Å². The number of amides is 3. The van der Waals surface area contributed by atoms with Crippen molar-refractivity contribution in [2.45, 2.75) is 18.9 Å². The van der Waals surface area contributed by atoms with Crippen molar-refractivity contribution >= 4 is 35.3 Å². The lowest BCUT2D eigenvalue weighted by molar-refractivity contribution is -0.137. The molecule has 1 aliphatic rings. The van der Waals surface area contributed by atoms with Crippen LogP contribution in [0.1, 0.15) is 45.2 Å². The van der Waals surface area contributed by atoms with Crippen molar-refractivity contribution in [1.29, 1.82) is 0 Å². The summed E-state index contributed by atoms with van der Waals surface area (Å²) in [4.78, 5) is 58.3. The number of carbonyl (C=O) groups is 4. The van der Waals surface area contributed by atoms with Crippen LogP contribution >= 0.6 is 0 Å². The van der Waals surface area contributed by atoms with Crippen LogP contribution in [0.25, 0.3) is 0 Å². The second kappa shape index (κ2) is 14.7. The third kappa shape index (κ3) is 7.73. The van der Waals surface area contributed by atoms with Gasteiger partial charge in [0.25, 0.3) is 11.8 Å². The molecule has 13 heteroatoms. The molecular weight excluding hydrogens is 570 g/mol. The zero-order chi connectivity index (χ0) is 31.6. The Bertz CT molecular complexity index is 1500. The molecule has 0 spiro atoms. The Morgan fingerprint density at radius 3 is 2.34 bits per heavy atom. The average molecular weight is 606 g/mol. The van der Waals surface area contributed by atoms with E-state index in [-0.39, 0.29) is 12.0 Å². The predicted molar refractivity (Wildman–Crippen MR) is 161 cm³/mol. The van der Waals surface area contributed by atoms with Gasteiger partial charge in [-0.2, -0.15) is 0 Å². The number of pyridine rings is 1. The number of carboxylic acid groups (broad SMARTS) is 1. The number of carboxylic acids is 1. The zero-order valence-electron chi connectivity index (χ0n) is 24.7. The van der Waals surface area contributed by atoms with Gasteiger partial charge in [-0.05, 0) is 54.4 Å². The topological polar surface area (TPSA) is 160 Å². The lowest BCUT2D eigenvalue weighted by Crippen LogP contribution is -2.35. The first-order valence-corrected chi connectivity index (χ1v) is 13.9. The van der Waals surface area contributed by atoms with E-state index in [9.17, 15) is 24.3 Å². The van der Waals surface area contributed by atoms with Gasteiger partial charge in [-0.1, -0.05) is 6.07 Å². The molecule has 0 saturated carbocycles.